The molecule has 0 amide bonds. The Kier molecular flexibility index (Phi) is 5.38. The van der Waals surface area contributed by atoms with Gasteiger partial charge >= 0.3 is 0 Å². The van der Waals surface area contributed by atoms with Crippen LogP contribution in [0.15, 0.2) is 24.3 Å². The minimum Gasteiger partial charge on any atom is -0.388 e. The summed E-state index contributed by atoms with van der Waals surface area (Å²) in [5.41, 5.74) is 12.2. The van der Waals surface area contributed by atoms with E-state index in [1.54, 1.807) is 6.07 Å². The van der Waals surface area contributed by atoms with Gasteiger partial charge in [-0.2, -0.15) is 0 Å². The number of hydrogen-bond acceptors (Lipinski definition) is 4. The standard InChI is InChI=1S/C17H24N2O2/c18-17(19,21)12-16(20)15-8-4-7-14(11-15)10-9-13-5-2-1-3-6-13/h4,7-8,11,13,16,20-21H,1-3,5-6,12,18-19H2. The second-order valence-electron chi connectivity index (χ2n) is 5.94. The van der Waals surface area contributed by atoms with E-state index in [1.165, 1.54) is 32.1 Å². The molecule has 1 fully saturated rings. The van der Waals surface area contributed by atoms with Crippen LogP contribution in [0.2, 0.25) is 0 Å². The van der Waals surface area contributed by atoms with Crippen LogP contribution >= 0.6 is 0 Å². The molecule has 1 aromatic carbocycles. The highest BCUT2D eigenvalue weighted by molar-refractivity contribution is 5.38. The molecule has 0 aliphatic heterocycles. The van der Waals surface area contributed by atoms with Crippen LogP contribution in [0.25, 0.3) is 0 Å². The second-order valence-corrected chi connectivity index (χ2v) is 5.94. The first-order valence-corrected chi connectivity index (χ1v) is 7.54. The fourth-order valence-corrected chi connectivity index (χ4v) is 2.68. The first-order valence-electron chi connectivity index (χ1n) is 7.54. The van der Waals surface area contributed by atoms with Crippen molar-refractivity contribution in [2.45, 2.75) is 50.5 Å². The number of rotatable bonds is 3. The predicted molar refractivity (Wildman–Crippen MR) is 82.8 cm³/mol. The molecular weight excluding hydrogens is 264 g/mol. The zero-order valence-electron chi connectivity index (χ0n) is 12.3. The van der Waals surface area contributed by atoms with Gasteiger partial charge in [-0.05, 0) is 30.5 Å². The topological polar surface area (TPSA) is 92.5 Å². The number of aliphatic hydroxyl groups is 2. The molecule has 0 spiro atoms. The van der Waals surface area contributed by atoms with E-state index < -0.39 is 12.0 Å². The largest absolute Gasteiger partial charge is 0.388 e. The lowest BCUT2D eigenvalue weighted by Gasteiger charge is -2.21. The van der Waals surface area contributed by atoms with E-state index in [4.69, 9.17) is 11.5 Å². The summed E-state index contributed by atoms with van der Waals surface area (Å²) in [7, 11) is 0. The van der Waals surface area contributed by atoms with Gasteiger partial charge in [0.1, 0.15) is 0 Å². The van der Waals surface area contributed by atoms with E-state index in [0.29, 0.717) is 11.5 Å². The fourth-order valence-electron chi connectivity index (χ4n) is 2.68. The van der Waals surface area contributed by atoms with Crippen molar-refractivity contribution in [2.75, 3.05) is 0 Å². The molecule has 1 unspecified atom stereocenters. The van der Waals surface area contributed by atoms with Crippen molar-refractivity contribution in [3.8, 4) is 11.8 Å². The van der Waals surface area contributed by atoms with Crippen molar-refractivity contribution in [3.05, 3.63) is 35.4 Å². The molecule has 1 aliphatic rings. The maximum absolute atomic E-state index is 10.0. The lowest BCUT2D eigenvalue weighted by Crippen LogP contribution is -2.50. The predicted octanol–water partition coefficient (Wildman–Crippen LogP) is 1.61. The Balaban J connectivity index is 2.05. The first kappa shape index (κ1) is 16.0. The molecule has 1 saturated carbocycles. The first-order chi connectivity index (χ1) is 9.94. The number of benzene rings is 1. The molecule has 1 aromatic rings. The van der Waals surface area contributed by atoms with Crippen LogP contribution in [-0.4, -0.2) is 16.1 Å². The Morgan fingerprint density at radius 3 is 2.62 bits per heavy atom. The smallest absolute Gasteiger partial charge is 0.169 e. The van der Waals surface area contributed by atoms with Gasteiger partial charge in [0.15, 0.2) is 5.85 Å². The summed E-state index contributed by atoms with van der Waals surface area (Å²) >= 11 is 0. The molecule has 0 heterocycles. The van der Waals surface area contributed by atoms with E-state index in [9.17, 15) is 10.2 Å². The maximum atomic E-state index is 10.0. The zero-order chi connectivity index (χ0) is 15.3. The van der Waals surface area contributed by atoms with E-state index in [1.807, 2.05) is 18.2 Å². The van der Waals surface area contributed by atoms with Crippen LogP contribution in [0, 0.1) is 17.8 Å². The third-order valence-corrected chi connectivity index (χ3v) is 3.82. The highest BCUT2D eigenvalue weighted by atomic mass is 16.3. The van der Waals surface area contributed by atoms with Gasteiger partial charge in [0.25, 0.3) is 0 Å². The van der Waals surface area contributed by atoms with Crippen molar-refractivity contribution < 1.29 is 10.2 Å². The minimum absolute atomic E-state index is 0.119. The molecule has 114 valence electrons. The molecule has 1 aliphatic carbocycles. The average Bonchev–Trinajstić information content (AvgIpc) is 2.45. The second kappa shape index (κ2) is 7.06. The van der Waals surface area contributed by atoms with E-state index in [2.05, 4.69) is 11.8 Å². The van der Waals surface area contributed by atoms with Crippen LogP contribution in [0.4, 0.5) is 0 Å². The monoisotopic (exact) mass is 288 g/mol. The molecule has 0 bridgehead atoms. The minimum atomic E-state index is -1.87. The molecule has 0 aromatic heterocycles. The maximum Gasteiger partial charge on any atom is 0.169 e. The SMILES string of the molecule is NC(N)(O)CC(O)c1cccc(C#CC2CCCCC2)c1. The molecule has 6 N–H and O–H groups in total. The Hall–Kier alpha value is -1.38. The van der Waals surface area contributed by atoms with E-state index >= 15 is 0 Å². The van der Waals surface area contributed by atoms with Gasteiger partial charge in [0.05, 0.1) is 6.10 Å². The Bertz CT molecular complexity index is 520. The Labute approximate surface area is 126 Å². The highest BCUT2D eigenvalue weighted by Crippen LogP contribution is 2.23. The van der Waals surface area contributed by atoms with Gasteiger partial charge in [0, 0.05) is 17.9 Å². The van der Waals surface area contributed by atoms with Gasteiger partial charge in [0.2, 0.25) is 0 Å². The van der Waals surface area contributed by atoms with Gasteiger partial charge < -0.3 is 10.2 Å². The van der Waals surface area contributed by atoms with Crippen LogP contribution in [0.1, 0.15) is 55.8 Å². The Morgan fingerprint density at radius 2 is 1.95 bits per heavy atom. The lowest BCUT2D eigenvalue weighted by atomic mass is 9.89. The van der Waals surface area contributed by atoms with Gasteiger partial charge in [-0.1, -0.05) is 43.2 Å². The van der Waals surface area contributed by atoms with Crippen LogP contribution in [0.3, 0.4) is 0 Å². The molecule has 4 heteroatoms. The number of nitrogens with two attached hydrogens (primary N) is 2. The summed E-state index contributed by atoms with van der Waals surface area (Å²) in [6, 6.07) is 7.37. The molecule has 2 rings (SSSR count). The fraction of sp³-hybridized carbons (Fsp3) is 0.529. The van der Waals surface area contributed by atoms with Crippen molar-refractivity contribution in [2.24, 2.45) is 17.4 Å². The number of hydrogen-bond donors (Lipinski definition) is 4. The van der Waals surface area contributed by atoms with Crippen LogP contribution < -0.4 is 11.5 Å². The van der Waals surface area contributed by atoms with Crippen LogP contribution in [0.5, 0.6) is 0 Å². The molecule has 21 heavy (non-hydrogen) atoms. The summed E-state index contributed by atoms with van der Waals surface area (Å²) in [6.07, 6.45) is 5.20. The third kappa shape index (κ3) is 5.49. The summed E-state index contributed by atoms with van der Waals surface area (Å²) in [6.45, 7) is 0. The molecule has 0 radical (unpaired) electrons. The van der Waals surface area contributed by atoms with Crippen molar-refractivity contribution in [1.82, 2.24) is 0 Å². The zero-order valence-corrected chi connectivity index (χ0v) is 12.3. The van der Waals surface area contributed by atoms with Gasteiger partial charge in [-0.25, -0.2) is 0 Å². The van der Waals surface area contributed by atoms with E-state index in [0.717, 1.165) is 5.56 Å². The summed E-state index contributed by atoms with van der Waals surface area (Å²) in [4.78, 5) is 0. The normalized spacial score (nSPS) is 17.9. The van der Waals surface area contributed by atoms with Crippen molar-refractivity contribution in [3.63, 3.8) is 0 Å². The highest BCUT2D eigenvalue weighted by Gasteiger charge is 2.21. The van der Waals surface area contributed by atoms with Gasteiger partial charge in [-0.3, -0.25) is 11.5 Å². The van der Waals surface area contributed by atoms with Crippen molar-refractivity contribution in [1.29, 1.82) is 0 Å². The summed E-state index contributed by atoms with van der Waals surface area (Å²) < 4.78 is 0. The summed E-state index contributed by atoms with van der Waals surface area (Å²) in [5, 5.41) is 19.4. The third-order valence-electron chi connectivity index (χ3n) is 3.82. The molecule has 1 atom stereocenters. The van der Waals surface area contributed by atoms with Crippen molar-refractivity contribution >= 4 is 0 Å². The summed E-state index contributed by atoms with van der Waals surface area (Å²) in [5.74, 6) is 5.13. The molecule has 4 nitrogen and oxygen atoms in total. The number of aliphatic hydroxyl groups excluding tert-OH is 1. The van der Waals surface area contributed by atoms with Gasteiger partial charge in [-0.15, -0.1) is 0 Å². The van der Waals surface area contributed by atoms with E-state index in [-0.39, 0.29) is 6.42 Å². The average molecular weight is 288 g/mol. The Morgan fingerprint density at radius 1 is 1.24 bits per heavy atom. The van der Waals surface area contributed by atoms with Crippen LogP contribution in [-0.2, 0) is 0 Å². The molecular formula is C17H24N2O2. The lowest BCUT2D eigenvalue weighted by molar-refractivity contribution is -0.00170. The quantitative estimate of drug-likeness (QED) is 0.502. The molecule has 0 saturated heterocycles.